The van der Waals surface area contributed by atoms with Crippen molar-refractivity contribution in [2.24, 2.45) is 4.99 Å². The molecule has 7 heteroatoms. The Balaban J connectivity index is 0.00000392. The van der Waals surface area contributed by atoms with Crippen LogP contribution >= 0.6 is 24.0 Å². The minimum Gasteiger partial charge on any atom is -0.356 e. The average Bonchev–Trinajstić information content (AvgIpc) is 3.00. The van der Waals surface area contributed by atoms with Crippen molar-refractivity contribution in [3.8, 4) is 0 Å². The van der Waals surface area contributed by atoms with Gasteiger partial charge in [-0.2, -0.15) is 0 Å². The molecule has 28 heavy (non-hydrogen) atoms. The summed E-state index contributed by atoms with van der Waals surface area (Å²) in [6, 6.07) is 11.7. The lowest BCUT2D eigenvalue weighted by Gasteiger charge is -2.21. The molecule has 3 unspecified atom stereocenters. The summed E-state index contributed by atoms with van der Waals surface area (Å²) in [5.74, 6) is 0.848. The van der Waals surface area contributed by atoms with Gasteiger partial charge in [0.2, 0.25) is 5.91 Å². The van der Waals surface area contributed by atoms with E-state index in [9.17, 15) is 4.79 Å². The quantitative estimate of drug-likeness (QED) is 0.291. The van der Waals surface area contributed by atoms with Crippen LogP contribution in [0.1, 0.15) is 45.6 Å². The summed E-state index contributed by atoms with van der Waals surface area (Å²) in [7, 11) is 1.77. The van der Waals surface area contributed by atoms with Crippen molar-refractivity contribution in [2.45, 2.75) is 64.7 Å². The number of rotatable bonds is 8. The molecule has 6 nitrogen and oxygen atoms in total. The van der Waals surface area contributed by atoms with Gasteiger partial charge in [-0.25, -0.2) is 0 Å². The van der Waals surface area contributed by atoms with E-state index in [1.54, 1.807) is 7.05 Å². The average molecular weight is 501 g/mol. The summed E-state index contributed by atoms with van der Waals surface area (Å²) in [5.41, 5.74) is 1.35. The predicted octanol–water partition coefficient (Wildman–Crippen LogP) is 2.74. The van der Waals surface area contributed by atoms with Gasteiger partial charge in [0.05, 0.1) is 0 Å². The number of hydrogen-bond acceptors (Lipinski definition) is 3. The normalized spacial score (nSPS) is 20.9. The van der Waals surface area contributed by atoms with Gasteiger partial charge >= 0.3 is 0 Å². The van der Waals surface area contributed by atoms with E-state index in [1.807, 2.05) is 6.92 Å². The minimum absolute atomic E-state index is 0. The Bertz CT molecular complexity index is 610. The van der Waals surface area contributed by atoms with Crippen molar-refractivity contribution < 1.29 is 4.79 Å². The second-order valence-electron chi connectivity index (χ2n) is 7.47. The van der Waals surface area contributed by atoms with Crippen molar-refractivity contribution in [1.29, 1.82) is 0 Å². The highest BCUT2D eigenvalue weighted by molar-refractivity contribution is 14.0. The van der Waals surface area contributed by atoms with Gasteiger partial charge in [-0.1, -0.05) is 37.3 Å². The molecule has 1 aliphatic heterocycles. The predicted molar refractivity (Wildman–Crippen MR) is 127 cm³/mol. The molecule has 0 saturated carbocycles. The number of amides is 1. The fourth-order valence-electron chi connectivity index (χ4n) is 3.37. The lowest BCUT2D eigenvalue weighted by Crippen LogP contribution is -2.45. The van der Waals surface area contributed by atoms with Gasteiger partial charge in [-0.05, 0) is 32.3 Å². The Morgan fingerprint density at radius 1 is 1.32 bits per heavy atom. The summed E-state index contributed by atoms with van der Waals surface area (Å²) in [6.07, 6.45) is 2.48. The number of aliphatic imine (C=N–C) groups is 1. The topological polar surface area (TPSA) is 68.8 Å². The first kappa shape index (κ1) is 24.7. The van der Waals surface area contributed by atoms with Crippen molar-refractivity contribution in [2.75, 3.05) is 20.1 Å². The SMILES string of the molecule is CCC(C)NC(=O)CCNC(=NC)NC1CC(C)N(Cc2ccccc2)C1.I. The summed E-state index contributed by atoms with van der Waals surface area (Å²) in [6.45, 7) is 8.91. The summed E-state index contributed by atoms with van der Waals surface area (Å²) in [5, 5.41) is 9.74. The maximum absolute atomic E-state index is 11.9. The second kappa shape index (κ2) is 13.0. The Hall–Kier alpha value is -1.35. The molecule has 1 saturated heterocycles. The molecular weight excluding hydrogens is 465 g/mol. The Kier molecular flexibility index (Phi) is 11.4. The number of hydrogen-bond donors (Lipinski definition) is 3. The first-order valence-electron chi connectivity index (χ1n) is 10.1. The fraction of sp³-hybridized carbons (Fsp3) is 0.619. The standard InChI is InChI=1S/C21H35N5O.HI/c1-5-16(2)24-20(27)11-12-23-21(22-4)25-19-13-17(3)26(15-19)14-18-9-7-6-8-10-18;/h6-10,16-17,19H,5,11-15H2,1-4H3,(H,24,27)(H2,22,23,25);1H. The van der Waals surface area contributed by atoms with Gasteiger partial charge < -0.3 is 16.0 Å². The van der Waals surface area contributed by atoms with Crippen LogP contribution in [0.4, 0.5) is 0 Å². The van der Waals surface area contributed by atoms with Crippen LogP contribution in [0.5, 0.6) is 0 Å². The van der Waals surface area contributed by atoms with Gasteiger partial charge in [-0.3, -0.25) is 14.7 Å². The molecule has 1 aromatic rings. The largest absolute Gasteiger partial charge is 0.356 e. The van der Waals surface area contributed by atoms with Crippen molar-refractivity contribution in [1.82, 2.24) is 20.9 Å². The van der Waals surface area contributed by atoms with Gasteiger partial charge in [0.15, 0.2) is 5.96 Å². The molecule has 1 amide bonds. The third-order valence-corrected chi connectivity index (χ3v) is 5.16. The Morgan fingerprint density at radius 3 is 2.68 bits per heavy atom. The van der Waals surface area contributed by atoms with E-state index in [2.05, 4.69) is 70.0 Å². The molecule has 1 heterocycles. The molecule has 0 aromatic heterocycles. The molecule has 158 valence electrons. The van der Waals surface area contributed by atoms with E-state index in [1.165, 1.54) is 5.56 Å². The summed E-state index contributed by atoms with van der Waals surface area (Å²) < 4.78 is 0. The first-order valence-corrected chi connectivity index (χ1v) is 10.1. The number of carbonyl (C=O) groups is 1. The monoisotopic (exact) mass is 501 g/mol. The number of nitrogens with zero attached hydrogens (tertiary/aromatic N) is 2. The van der Waals surface area contributed by atoms with Crippen molar-refractivity contribution in [3.63, 3.8) is 0 Å². The maximum Gasteiger partial charge on any atom is 0.221 e. The molecule has 3 N–H and O–H groups in total. The Labute approximate surface area is 187 Å². The zero-order valence-electron chi connectivity index (χ0n) is 17.6. The van der Waals surface area contributed by atoms with E-state index in [0.717, 1.165) is 31.9 Å². The maximum atomic E-state index is 11.9. The smallest absolute Gasteiger partial charge is 0.221 e. The van der Waals surface area contributed by atoms with Crippen molar-refractivity contribution in [3.05, 3.63) is 35.9 Å². The highest BCUT2D eigenvalue weighted by Gasteiger charge is 2.29. The van der Waals surface area contributed by atoms with Crippen LogP contribution in [0.25, 0.3) is 0 Å². The van der Waals surface area contributed by atoms with E-state index in [0.29, 0.717) is 25.0 Å². The molecular formula is C21H36IN5O. The minimum atomic E-state index is 0. The van der Waals surface area contributed by atoms with Crippen LogP contribution in [0.2, 0.25) is 0 Å². The number of benzene rings is 1. The second-order valence-corrected chi connectivity index (χ2v) is 7.47. The lowest BCUT2D eigenvalue weighted by molar-refractivity contribution is -0.121. The zero-order chi connectivity index (χ0) is 19.6. The van der Waals surface area contributed by atoms with Crippen LogP contribution < -0.4 is 16.0 Å². The van der Waals surface area contributed by atoms with Crippen LogP contribution in [0, 0.1) is 0 Å². The molecule has 3 atom stereocenters. The highest BCUT2D eigenvalue weighted by Crippen LogP contribution is 2.20. The van der Waals surface area contributed by atoms with Crippen molar-refractivity contribution >= 4 is 35.8 Å². The van der Waals surface area contributed by atoms with E-state index in [-0.39, 0.29) is 35.9 Å². The molecule has 1 aromatic carbocycles. The molecule has 0 spiro atoms. The number of carbonyl (C=O) groups excluding carboxylic acids is 1. The molecule has 0 bridgehead atoms. The van der Waals surface area contributed by atoms with Gasteiger partial charge in [-0.15, -0.1) is 24.0 Å². The summed E-state index contributed by atoms with van der Waals surface area (Å²) >= 11 is 0. The van der Waals surface area contributed by atoms with Gasteiger partial charge in [0.1, 0.15) is 0 Å². The van der Waals surface area contributed by atoms with Crippen LogP contribution in [-0.2, 0) is 11.3 Å². The molecule has 1 aliphatic rings. The fourth-order valence-corrected chi connectivity index (χ4v) is 3.37. The summed E-state index contributed by atoms with van der Waals surface area (Å²) in [4.78, 5) is 18.7. The van der Waals surface area contributed by atoms with E-state index in [4.69, 9.17) is 0 Å². The molecule has 0 radical (unpaired) electrons. The highest BCUT2D eigenvalue weighted by atomic mass is 127. The van der Waals surface area contributed by atoms with Crippen LogP contribution in [-0.4, -0.2) is 55.0 Å². The lowest BCUT2D eigenvalue weighted by atomic mass is 10.2. The Morgan fingerprint density at radius 2 is 2.04 bits per heavy atom. The molecule has 2 rings (SSSR count). The third kappa shape index (κ3) is 8.34. The first-order chi connectivity index (χ1) is 13.0. The van der Waals surface area contributed by atoms with E-state index >= 15 is 0 Å². The number of nitrogens with one attached hydrogen (secondary N) is 3. The molecule has 1 fully saturated rings. The number of guanidine groups is 1. The zero-order valence-corrected chi connectivity index (χ0v) is 19.9. The third-order valence-electron chi connectivity index (χ3n) is 5.16. The van der Waals surface area contributed by atoms with Gasteiger partial charge in [0, 0.05) is 51.2 Å². The molecule has 0 aliphatic carbocycles. The van der Waals surface area contributed by atoms with Crippen LogP contribution in [0.15, 0.2) is 35.3 Å². The van der Waals surface area contributed by atoms with Gasteiger partial charge in [0.25, 0.3) is 0 Å². The number of halogens is 1. The van der Waals surface area contributed by atoms with E-state index < -0.39 is 0 Å². The number of likely N-dealkylation sites (tertiary alicyclic amines) is 1. The van der Waals surface area contributed by atoms with Crippen LogP contribution in [0.3, 0.4) is 0 Å².